The molecular weight excluding hydrogens is 482 g/mol. The maximum Gasteiger partial charge on any atom is 0.243 e. The van der Waals surface area contributed by atoms with Crippen LogP contribution in [-0.2, 0) is 32.1 Å². The minimum absolute atomic E-state index is 0.0553. The standard InChI is InChI=1S/C27H32F2N4O4/c1-16(2)25(35)33-24(13-19-6-9-21(29)12-17(19)3)27(37)32-23(11-10-22(34)14-30)26(36)31-15-18-4-7-20(28)8-5-18/h4-9,12,14,16,23-24,30H,10-11,13,15H2,1-3H3,(H,31,36)(H,32,37)(H,33,35)/t23-,24-/m0/s1. The van der Waals surface area contributed by atoms with Crippen LogP contribution in [0.5, 0.6) is 0 Å². The largest absolute Gasteiger partial charge is 0.350 e. The first-order valence-electron chi connectivity index (χ1n) is 11.9. The second-order valence-corrected chi connectivity index (χ2v) is 9.05. The van der Waals surface area contributed by atoms with Crippen LogP contribution in [0.1, 0.15) is 43.4 Å². The van der Waals surface area contributed by atoms with Crippen molar-refractivity contribution in [1.82, 2.24) is 16.0 Å². The Balaban J connectivity index is 2.21. The van der Waals surface area contributed by atoms with Gasteiger partial charge in [0.25, 0.3) is 0 Å². The van der Waals surface area contributed by atoms with Gasteiger partial charge in [-0.25, -0.2) is 8.78 Å². The number of nitrogens with one attached hydrogen (secondary N) is 4. The topological polar surface area (TPSA) is 128 Å². The second kappa shape index (κ2) is 14.0. The maximum absolute atomic E-state index is 13.6. The van der Waals surface area contributed by atoms with Gasteiger partial charge in [0, 0.05) is 25.3 Å². The summed E-state index contributed by atoms with van der Waals surface area (Å²) in [5.74, 6) is -3.39. The van der Waals surface area contributed by atoms with Gasteiger partial charge in [-0.2, -0.15) is 0 Å². The van der Waals surface area contributed by atoms with Crippen LogP contribution < -0.4 is 16.0 Å². The molecule has 2 rings (SSSR count). The molecule has 0 heterocycles. The first-order chi connectivity index (χ1) is 17.5. The third kappa shape index (κ3) is 9.55. The second-order valence-electron chi connectivity index (χ2n) is 9.05. The minimum atomic E-state index is -1.13. The monoisotopic (exact) mass is 514 g/mol. The van der Waals surface area contributed by atoms with Crippen molar-refractivity contribution in [3.8, 4) is 0 Å². The molecule has 0 radical (unpaired) electrons. The third-order valence-electron chi connectivity index (χ3n) is 5.74. The molecular formula is C27H32F2N4O4. The lowest BCUT2D eigenvalue weighted by Gasteiger charge is -2.24. The molecule has 4 N–H and O–H groups in total. The molecule has 198 valence electrons. The molecule has 0 aliphatic heterocycles. The summed E-state index contributed by atoms with van der Waals surface area (Å²) in [5.41, 5.74) is 1.87. The van der Waals surface area contributed by atoms with Crippen LogP contribution in [0.3, 0.4) is 0 Å². The van der Waals surface area contributed by atoms with Gasteiger partial charge in [0.1, 0.15) is 23.7 Å². The van der Waals surface area contributed by atoms with E-state index in [0.29, 0.717) is 22.9 Å². The van der Waals surface area contributed by atoms with E-state index in [9.17, 15) is 28.0 Å². The van der Waals surface area contributed by atoms with Gasteiger partial charge >= 0.3 is 0 Å². The number of ketones is 1. The lowest BCUT2D eigenvalue weighted by molar-refractivity contribution is -0.133. The fourth-order valence-electron chi connectivity index (χ4n) is 3.47. The number of hydrogen-bond acceptors (Lipinski definition) is 5. The highest BCUT2D eigenvalue weighted by atomic mass is 19.1. The summed E-state index contributed by atoms with van der Waals surface area (Å²) in [5, 5.41) is 15.0. The van der Waals surface area contributed by atoms with Crippen molar-refractivity contribution in [3.63, 3.8) is 0 Å². The van der Waals surface area contributed by atoms with E-state index in [-0.39, 0.29) is 31.7 Å². The minimum Gasteiger partial charge on any atom is -0.350 e. The van der Waals surface area contributed by atoms with Crippen LogP contribution >= 0.6 is 0 Å². The van der Waals surface area contributed by atoms with Gasteiger partial charge in [-0.3, -0.25) is 19.2 Å². The molecule has 10 heteroatoms. The predicted molar refractivity (Wildman–Crippen MR) is 135 cm³/mol. The maximum atomic E-state index is 13.6. The molecule has 0 aliphatic rings. The number of carbonyl (C=O) groups excluding carboxylic acids is 4. The van der Waals surface area contributed by atoms with Gasteiger partial charge in [0.05, 0.1) is 6.21 Å². The molecule has 2 atom stereocenters. The molecule has 8 nitrogen and oxygen atoms in total. The van der Waals surface area contributed by atoms with Crippen molar-refractivity contribution in [1.29, 1.82) is 5.41 Å². The molecule has 37 heavy (non-hydrogen) atoms. The zero-order chi connectivity index (χ0) is 27.5. The van der Waals surface area contributed by atoms with Gasteiger partial charge in [0.2, 0.25) is 17.7 Å². The van der Waals surface area contributed by atoms with Crippen molar-refractivity contribution in [2.75, 3.05) is 0 Å². The molecule has 2 aromatic rings. The molecule has 0 saturated heterocycles. The number of halogens is 2. The lowest BCUT2D eigenvalue weighted by Crippen LogP contribution is -2.55. The van der Waals surface area contributed by atoms with Gasteiger partial charge in [0.15, 0.2) is 5.78 Å². The number of aryl methyl sites for hydroxylation is 1. The van der Waals surface area contributed by atoms with Gasteiger partial charge in [-0.05, 0) is 54.3 Å². The van der Waals surface area contributed by atoms with Crippen molar-refractivity contribution in [3.05, 3.63) is 70.8 Å². The first-order valence-corrected chi connectivity index (χ1v) is 11.9. The SMILES string of the molecule is Cc1cc(F)ccc1C[C@H](NC(=O)C(C)C)C(=O)N[C@@H](CCC(=O)C=N)C(=O)NCc1ccc(F)cc1. The normalized spacial score (nSPS) is 12.4. The molecule has 0 unspecified atom stereocenters. The predicted octanol–water partition coefficient (Wildman–Crippen LogP) is 2.76. The molecule has 0 aromatic heterocycles. The Morgan fingerprint density at radius 3 is 2.11 bits per heavy atom. The van der Waals surface area contributed by atoms with Crippen LogP contribution in [0.2, 0.25) is 0 Å². The average molecular weight is 515 g/mol. The van der Waals surface area contributed by atoms with Crippen LogP contribution in [0.4, 0.5) is 8.78 Å². The summed E-state index contributed by atoms with van der Waals surface area (Å²) in [6.45, 7) is 5.09. The van der Waals surface area contributed by atoms with Crippen LogP contribution in [0.15, 0.2) is 42.5 Å². The fraction of sp³-hybridized carbons (Fsp3) is 0.370. The Hall–Kier alpha value is -3.95. The van der Waals surface area contributed by atoms with Crippen molar-refractivity contribution < 1.29 is 28.0 Å². The van der Waals surface area contributed by atoms with E-state index in [1.165, 1.54) is 42.5 Å². The molecule has 2 aromatic carbocycles. The molecule has 3 amide bonds. The van der Waals surface area contributed by atoms with E-state index in [0.717, 1.165) is 0 Å². The summed E-state index contributed by atoms with van der Waals surface area (Å²) in [4.78, 5) is 50.3. The van der Waals surface area contributed by atoms with Crippen LogP contribution in [0, 0.1) is 29.9 Å². The number of hydrogen-bond donors (Lipinski definition) is 4. The highest BCUT2D eigenvalue weighted by molar-refractivity contribution is 6.26. The Bertz CT molecular complexity index is 1140. The molecule has 0 saturated carbocycles. The van der Waals surface area contributed by atoms with Crippen molar-refractivity contribution in [2.24, 2.45) is 5.92 Å². The number of rotatable bonds is 13. The van der Waals surface area contributed by atoms with E-state index >= 15 is 0 Å². The van der Waals surface area contributed by atoms with Crippen LogP contribution in [-0.4, -0.2) is 41.8 Å². The fourth-order valence-corrected chi connectivity index (χ4v) is 3.47. The molecule has 0 aliphatic carbocycles. The van der Waals surface area contributed by atoms with Gasteiger partial charge < -0.3 is 21.4 Å². The first kappa shape index (κ1) is 29.3. The quantitative estimate of drug-likeness (QED) is 0.307. The van der Waals surface area contributed by atoms with E-state index in [1.807, 2.05) is 0 Å². The number of carbonyl (C=O) groups is 4. The zero-order valence-corrected chi connectivity index (χ0v) is 21.1. The molecule has 0 bridgehead atoms. The summed E-state index contributed by atoms with van der Waals surface area (Å²) < 4.78 is 26.7. The lowest BCUT2D eigenvalue weighted by atomic mass is 9.99. The molecule has 0 fully saturated rings. The van der Waals surface area contributed by atoms with Gasteiger partial charge in [-0.15, -0.1) is 0 Å². The number of benzene rings is 2. The summed E-state index contributed by atoms with van der Waals surface area (Å²) in [7, 11) is 0. The van der Waals surface area contributed by atoms with E-state index in [1.54, 1.807) is 20.8 Å². The van der Waals surface area contributed by atoms with Crippen molar-refractivity contribution >= 4 is 29.7 Å². The van der Waals surface area contributed by atoms with Gasteiger partial charge in [-0.1, -0.05) is 32.0 Å². The Kier molecular flexibility index (Phi) is 11.0. The smallest absolute Gasteiger partial charge is 0.243 e. The highest BCUT2D eigenvalue weighted by Crippen LogP contribution is 2.14. The number of amides is 3. The summed E-state index contributed by atoms with van der Waals surface area (Å²) in [6.07, 6.45) is 0.464. The zero-order valence-electron chi connectivity index (χ0n) is 21.1. The Labute approximate surface area is 214 Å². The Morgan fingerprint density at radius 1 is 0.892 bits per heavy atom. The average Bonchev–Trinajstić information content (AvgIpc) is 2.86. The van der Waals surface area contributed by atoms with E-state index in [2.05, 4.69) is 16.0 Å². The van der Waals surface area contributed by atoms with E-state index < -0.39 is 47.2 Å². The third-order valence-corrected chi connectivity index (χ3v) is 5.74. The van der Waals surface area contributed by atoms with E-state index in [4.69, 9.17) is 5.41 Å². The molecule has 0 spiro atoms. The highest BCUT2D eigenvalue weighted by Gasteiger charge is 2.28. The summed E-state index contributed by atoms with van der Waals surface area (Å²) in [6, 6.07) is 7.43. The van der Waals surface area contributed by atoms with Crippen LogP contribution in [0.25, 0.3) is 0 Å². The Morgan fingerprint density at radius 2 is 1.51 bits per heavy atom. The van der Waals surface area contributed by atoms with Crippen molar-refractivity contribution in [2.45, 2.75) is 58.7 Å². The number of Topliss-reactive ketones (excluding diaryl/α,β-unsaturated/α-hetero) is 1. The summed E-state index contributed by atoms with van der Waals surface area (Å²) >= 11 is 0.